The minimum absolute atomic E-state index is 0.0115. The molecular weight excluding hydrogens is 224 g/mol. The van der Waals surface area contributed by atoms with Crippen molar-refractivity contribution < 1.29 is 4.79 Å². The molecule has 2 rings (SSSR count). The topological polar surface area (TPSA) is 44.9 Å². The summed E-state index contributed by atoms with van der Waals surface area (Å²) >= 11 is 0. The van der Waals surface area contributed by atoms with Gasteiger partial charge in [-0.1, -0.05) is 26.8 Å². The number of carbonyl (C=O) groups is 1. The summed E-state index contributed by atoms with van der Waals surface area (Å²) in [5.74, 6) is -0.0115. The van der Waals surface area contributed by atoms with Gasteiger partial charge in [-0.25, -0.2) is 0 Å². The molecular formula is C15H20N2O. The van der Waals surface area contributed by atoms with Crippen LogP contribution in [-0.4, -0.2) is 16.9 Å². The van der Waals surface area contributed by atoms with Gasteiger partial charge in [-0.2, -0.15) is 0 Å². The largest absolute Gasteiger partial charge is 0.361 e. The van der Waals surface area contributed by atoms with Crippen molar-refractivity contribution in [2.75, 3.05) is 0 Å². The van der Waals surface area contributed by atoms with Gasteiger partial charge in [0.15, 0.2) is 0 Å². The molecule has 0 bridgehead atoms. The number of benzene rings is 1. The molecule has 1 aromatic heterocycles. The molecule has 0 saturated heterocycles. The van der Waals surface area contributed by atoms with Gasteiger partial charge < -0.3 is 10.3 Å². The van der Waals surface area contributed by atoms with Gasteiger partial charge in [-0.15, -0.1) is 0 Å². The molecule has 0 aliphatic carbocycles. The van der Waals surface area contributed by atoms with Crippen molar-refractivity contribution in [1.82, 2.24) is 10.3 Å². The molecule has 0 aliphatic rings. The van der Waals surface area contributed by atoms with E-state index in [1.165, 1.54) is 0 Å². The van der Waals surface area contributed by atoms with E-state index >= 15 is 0 Å². The van der Waals surface area contributed by atoms with E-state index < -0.39 is 0 Å². The highest BCUT2D eigenvalue weighted by Gasteiger charge is 2.22. The number of carbonyl (C=O) groups excluding carboxylic acids is 1. The van der Waals surface area contributed by atoms with Crippen LogP contribution in [0, 0.1) is 5.41 Å². The Labute approximate surface area is 108 Å². The highest BCUT2D eigenvalue weighted by molar-refractivity contribution is 6.06. The lowest BCUT2D eigenvalue weighted by molar-refractivity contribution is 0.0912. The minimum atomic E-state index is -0.0115. The number of nitrogens with one attached hydrogen (secondary N) is 2. The number of rotatable bonds is 2. The average Bonchev–Trinajstić information content (AvgIpc) is 2.74. The molecule has 0 radical (unpaired) electrons. The number of hydrogen-bond acceptors (Lipinski definition) is 1. The molecule has 0 aliphatic heterocycles. The summed E-state index contributed by atoms with van der Waals surface area (Å²) < 4.78 is 0. The SMILES string of the molecule is C[C@@H](NC(=O)c1cccc2[nH]ccc12)C(C)(C)C. The zero-order chi connectivity index (χ0) is 13.3. The normalized spacial score (nSPS) is 13.6. The van der Waals surface area contributed by atoms with E-state index in [9.17, 15) is 4.79 Å². The van der Waals surface area contributed by atoms with Crippen LogP contribution in [0.15, 0.2) is 30.5 Å². The van der Waals surface area contributed by atoms with Crippen molar-refractivity contribution in [2.24, 2.45) is 5.41 Å². The number of aromatic nitrogens is 1. The van der Waals surface area contributed by atoms with Gasteiger partial charge in [0.1, 0.15) is 0 Å². The lowest BCUT2D eigenvalue weighted by Gasteiger charge is -2.28. The molecule has 2 N–H and O–H groups in total. The maximum Gasteiger partial charge on any atom is 0.252 e. The van der Waals surface area contributed by atoms with Gasteiger partial charge in [0.05, 0.1) is 0 Å². The zero-order valence-electron chi connectivity index (χ0n) is 11.4. The predicted molar refractivity (Wildman–Crippen MR) is 74.7 cm³/mol. The van der Waals surface area contributed by atoms with Crippen LogP contribution in [0.5, 0.6) is 0 Å². The van der Waals surface area contributed by atoms with Crippen molar-refractivity contribution in [3.63, 3.8) is 0 Å². The molecule has 0 saturated carbocycles. The number of fused-ring (bicyclic) bond motifs is 1. The number of H-pyrrole nitrogens is 1. The maximum atomic E-state index is 12.3. The van der Waals surface area contributed by atoms with Crippen LogP contribution < -0.4 is 5.32 Å². The summed E-state index contributed by atoms with van der Waals surface area (Å²) in [5.41, 5.74) is 1.78. The van der Waals surface area contributed by atoms with Crippen LogP contribution in [-0.2, 0) is 0 Å². The minimum Gasteiger partial charge on any atom is -0.361 e. The molecule has 0 fully saturated rings. The Kier molecular flexibility index (Phi) is 3.16. The highest BCUT2D eigenvalue weighted by Crippen LogP contribution is 2.21. The Bertz CT molecular complexity index is 563. The van der Waals surface area contributed by atoms with E-state index in [4.69, 9.17) is 0 Å². The second kappa shape index (κ2) is 4.48. The second-order valence-corrected chi connectivity index (χ2v) is 5.81. The summed E-state index contributed by atoms with van der Waals surface area (Å²) in [4.78, 5) is 15.4. The standard InChI is InChI=1S/C15H20N2O/c1-10(15(2,3)4)17-14(18)12-6-5-7-13-11(12)8-9-16-13/h5-10,16H,1-4H3,(H,17,18)/t10-/m1/s1. The van der Waals surface area contributed by atoms with Gasteiger partial charge in [0, 0.05) is 28.7 Å². The summed E-state index contributed by atoms with van der Waals surface area (Å²) in [6.07, 6.45) is 1.86. The summed E-state index contributed by atoms with van der Waals surface area (Å²) in [5, 5.41) is 4.03. The molecule has 0 unspecified atom stereocenters. The van der Waals surface area contributed by atoms with Crippen molar-refractivity contribution in [3.8, 4) is 0 Å². The third-order valence-electron chi connectivity index (χ3n) is 3.49. The number of amides is 1. The third kappa shape index (κ3) is 2.40. The van der Waals surface area contributed by atoms with Crippen LogP contribution in [0.3, 0.4) is 0 Å². The van der Waals surface area contributed by atoms with Crippen molar-refractivity contribution >= 4 is 16.8 Å². The average molecular weight is 244 g/mol. The van der Waals surface area contributed by atoms with E-state index in [2.05, 4.69) is 31.1 Å². The van der Waals surface area contributed by atoms with E-state index in [1.54, 1.807) is 0 Å². The molecule has 1 amide bonds. The molecule has 0 spiro atoms. The lowest BCUT2D eigenvalue weighted by atomic mass is 9.88. The molecule has 18 heavy (non-hydrogen) atoms. The Morgan fingerprint density at radius 3 is 2.67 bits per heavy atom. The first kappa shape index (κ1) is 12.7. The van der Waals surface area contributed by atoms with Gasteiger partial charge in [-0.3, -0.25) is 4.79 Å². The third-order valence-corrected chi connectivity index (χ3v) is 3.49. The Balaban J connectivity index is 2.27. The fraction of sp³-hybridized carbons (Fsp3) is 0.400. The summed E-state index contributed by atoms with van der Waals surface area (Å²) in [6, 6.07) is 7.79. The van der Waals surface area contributed by atoms with E-state index in [1.807, 2.05) is 37.4 Å². The van der Waals surface area contributed by atoms with Crippen LogP contribution in [0.25, 0.3) is 10.9 Å². The molecule has 3 nitrogen and oxygen atoms in total. The first-order chi connectivity index (χ1) is 8.39. The van der Waals surface area contributed by atoms with E-state index in [0.717, 1.165) is 16.5 Å². The lowest BCUT2D eigenvalue weighted by Crippen LogP contribution is -2.41. The first-order valence-electron chi connectivity index (χ1n) is 6.26. The first-order valence-corrected chi connectivity index (χ1v) is 6.26. The quantitative estimate of drug-likeness (QED) is 0.836. The van der Waals surface area contributed by atoms with Crippen LogP contribution >= 0.6 is 0 Å². The van der Waals surface area contributed by atoms with Gasteiger partial charge in [0.2, 0.25) is 0 Å². The number of hydrogen-bond donors (Lipinski definition) is 2. The molecule has 3 heteroatoms. The van der Waals surface area contributed by atoms with Crippen molar-refractivity contribution in [1.29, 1.82) is 0 Å². The van der Waals surface area contributed by atoms with Gasteiger partial charge in [0.25, 0.3) is 5.91 Å². The van der Waals surface area contributed by atoms with Gasteiger partial charge in [-0.05, 0) is 30.5 Å². The Morgan fingerprint density at radius 2 is 2.00 bits per heavy atom. The van der Waals surface area contributed by atoms with Crippen LogP contribution in [0.1, 0.15) is 38.1 Å². The molecule has 96 valence electrons. The molecule has 1 atom stereocenters. The Morgan fingerprint density at radius 1 is 1.28 bits per heavy atom. The Hall–Kier alpha value is -1.77. The van der Waals surface area contributed by atoms with Crippen molar-refractivity contribution in [3.05, 3.63) is 36.0 Å². The monoisotopic (exact) mass is 244 g/mol. The van der Waals surface area contributed by atoms with E-state index in [-0.39, 0.29) is 17.4 Å². The van der Waals surface area contributed by atoms with Gasteiger partial charge >= 0.3 is 0 Å². The summed E-state index contributed by atoms with van der Waals surface area (Å²) in [7, 11) is 0. The molecule has 1 heterocycles. The fourth-order valence-corrected chi connectivity index (χ4v) is 1.77. The number of aromatic amines is 1. The van der Waals surface area contributed by atoms with Crippen LogP contribution in [0.4, 0.5) is 0 Å². The van der Waals surface area contributed by atoms with E-state index in [0.29, 0.717) is 0 Å². The maximum absolute atomic E-state index is 12.3. The predicted octanol–water partition coefficient (Wildman–Crippen LogP) is 3.33. The fourth-order valence-electron chi connectivity index (χ4n) is 1.77. The van der Waals surface area contributed by atoms with Crippen molar-refractivity contribution in [2.45, 2.75) is 33.7 Å². The zero-order valence-corrected chi connectivity index (χ0v) is 11.4. The summed E-state index contributed by atoms with van der Waals surface area (Å²) in [6.45, 7) is 8.40. The second-order valence-electron chi connectivity index (χ2n) is 5.81. The van der Waals surface area contributed by atoms with Crippen LogP contribution in [0.2, 0.25) is 0 Å². The molecule has 2 aromatic rings. The smallest absolute Gasteiger partial charge is 0.252 e. The highest BCUT2D eigenvalue weighted by atomic mass is 16.1. The molecule has 1 aromatic carbocycles.